The summed E-state index contributed by atoms with van der Waals surface area (Å²) in [5.74, 6) is 0.882. The van der Waals surface area contributed by atoms with Crippen molar-refractivity contribution in [3.63, 3.8) is 0 Å². The number of benzene rings is 1. The van der Waals surface area contributed by atoms with Gasteiger partial charge in [0.25, 0.3) is 0 Å². The Bertz CT molecular complexity index is 1210. The Balaban J connectivity index is 1.44. The Morgan fingerprint density at radius 2 is 1.67 bits per heavy atom. The molecule has 3 aromatic rings. The highest BCUT2D eigenvalue weighted by molar-refractivity contribution is 7.88. The van der Waals surface area contributed by atoms with Gasteiger partial charge in [-0.05, 0) is 19.4 Å². The largest absolute Gasteiger partial charge is 0.352 e. The first-order valence-corrected chi connectivity index (χ1v) is 12.9. The summed E-state index contributed by atoms with van der Waals surface area (Å²) in [4.78, 5) is 14.0. The molecule has 0 amide bonds. The van der Waals surface area contributed by atoms with Crippen molar-refractivity contribution in [2.75, 3.05) is 37.3 Å². The van der Waals surface area contributed by atoms with Gasteiger partial charge in [0.15, 0.2) is 5.82 Å². The van der Waals surface area contributed by atoms with Crippen molar-refractivity contribution >= 4 is 15.8 Å². The first-order valence-electron chi connectivity index (χ1n) is 11.0. The Hall–Kier alpha value is -2.82. The highest BCUT2D eigenvalue weighted by Crippen LogP contribution is 2.28. The van der Waals surface area contributed by atoms with E-state index in [2.05, 4.69) is 43.4 Å². The van der Waals surface area contributed by atoms with Crippen LogP contribution in [0, 0.1) is 13.8 Å². The molecule has 0 unspecified atom stereocenters. The average molecular weight is 470 g/mol. The Morgan fingerprint density at radius 1 is 1.00 bits per heavy atom. The minimum absolute atomic E-state index is 0.268. The predicted octanol–water partition coefficient (Wildman–Crippen LogP) is 1.87. The molecule has 9 nitrogen and oxygen atoms in total. The van der Waals surface area contributed by atoms with Gasteiger partial charge in [0.2, 0.25) is 10.0 Å². The van der Waals surface area contributed by atoms with Crippen LogP contribution in [0.15, 0.2) is 36.7 Å². The molecule has 10 heteroatoms. The molecule has 1 aliphatic heterocycles. The molecule has 3 heterocycles. The molecule has 1 fully saturated rings. The topological polar surface area (TPSA) is 96.2 Å². The molecule has 0 saturated carbocycles. The number of anilines is 1. The van der Waals surface area contributed by atoms with Crippen LogP contribution in [0.4, 0.5) is 5.82 Å². The van der Waals surface area contributed by atoms with Crippen molar-refractivity contribution in [1.82, 2.24) is 29.4 Å². The molecule has 0 spiro atoms. The van der Waals surface area contributed by atoms with Crippen molar-refractivity contribution in [1.29, 1.82) is 0 Å². The third-order valence-electron chi connectivity index (χ3n) is 6.16. The summed E-state index contributed by atoms with van der Waals surface area (Å²) in [7, 11) is -1.23. The second-order valence-corrected chi connectivity index (χ2v) is 10.4. The molecule has 0 radical (unpaired) electrons. The summed E-state index contributed by atoms with van der Waals surface area (Å²) < 4.78 is 27.1. The van der Waals surface area contributed by atoms with Crippen LogP contribution in [0.1, 0.15) is 22.5 Å². The van der Waals surface area contributed by atoms with Crippen molar-refractivity contribution < 1.29 is 8.42 Å². The van der Waals surface area contributed by atoms with E-state index in [0.717, 1.165) is 67.3 Å². The molecule has 1 aromatic carbocycles. The summed E-state index contributed by atoms with van der Waals surface area (Å²) in [5.41, 5.74) is 6.34. The number of nitrogens with zero attached hydrogens (tertiary/aromatic N) is 6. The zero-order chi connectivity index (χ0) is 23.6. The number of sulfonamides is 1. The van der Waals surface area contributed by atoms with Gasteiger partial charge < -0.3 is 4.90 Å². The molecule has 0 atom stereocenters. The van der Waals surface area contributed by atoms with Gasteiger partial charge >= 0.3 is 0 Å². The third kappa shape index (κ3) is 5.58. The fraction of sp³-hybridized carbons (Fsp3) is 0.435. The molecule has 176 valence electrons. The maximum Gasteiger partial charge on any atom is 0.209 e. The lowest BCUT2D eigenvalue weighted by molar-refractivity contribution is 0.248. The van der Waals surface area contributed by atoms with E-state index in [-0.39, 0.29) is 6.54 Å². The number of aryl methyl sites for hydroxylation is 2. The van der Waals surface area contributed by atoms with Crippen molar-refractivity contribution in [2.45, 2.75) is 26.9 Å². The maximum atomic E-state index is 11.3. The summed E-state index contributed by atoms with van der Waals surface area (Å²) >= 11 is 0. The number of aromatic nitrogens is 4. The summed E-state index contributed by atoms with van der Waals surface area (Å²) in [6.45, 7) is 9.02. The molecule has 1 N–H and O–H groups in total. The quantitative estimate of drug-likeness (QED) is 0.564. The Morgan fingerprint density at radius 3 is 2.27 bits per heavy atom. The van der Waals surface area contributed by atoms with E-state index < -0.39 is 10.0 Å². The second kappa shape index (κ2) is 9.58. The predicted molar refractivity (Wildman–Crippen MR) is 129 cm³/mol. The van der Waals surface area contributed by atoms with Gasteiger partial charge in [-0.3, -0.25) is 14.6 Å². The number of hydrogen-bond acceptors (Lipinski definition) is 7. The summed E-state index contributed by atoms with van der Waals surface area (Å²) in [5, 5.41) is 4.54. The lowest BCUT2D eigenvalue weighted by Crippen LogP contribution is -2.46. The molecule has 1 saturated heterocycles. The van der Waals surface area contributed by atoms with E-state index in [9.17, 15) is 8.42 Å². The Labute approximate surface area is 195 Å². The van der Waals surface area contributed by atoms with Gasteiger partial charge in [0.1, 0.15) is 5.69 Å². The van der Waals surface area contributed by atoms with Gasteiger partial charge in [-0.25, -0.2) is 18.1 Å². The van der Waals surface area contributed by atoms with E-state index in [4.69, 9.17) is 0 Å². The zero-order valence-corrected chi connectivity index (χ0v) is 20.4. The molecule has 0 bridgehead atoms. The average Bonchev–Trinajstić information content (AvgIpc) is 3.04. The molecule has 2 aromatic heterocycles. The lowest BCUT2D eigenvalue weighted by atomic mass is 10.1. The van der Waals surface area contributed by atoms with Gasteiger partial charge in [0, 0.05) is 75.5 Å². The van der Waals surface area contributed by atoms with Crippen LogP contribution in [-0.4, -0.2) is 65.5 Å². The monoisotopic (exact) mass is 469 g/mol. The fourth-order valence-corrected chi connectivity index (χ4v) is 4.58. The standard InChI is InChI=1S/C23H31N7O2S/c1-17-21(18(2)28(3)27-17)16-29-11-13-30(14-12-29)23-22(24-9-10-25-23)20-7-5-19(6-8-20)15-26-33(4,31)32/h5-10,26H,11-16H2,1-4H3. The van der Waals surface area contributed by atoms with Crippen LogP contribution in [0.25, 0.3) is 11.3 Å². The lowest BCUT2D eigenvalue weighted by Gasteiger charge is -2.36. The number of nitrogens with one attached hydrogen (secondary N) is 1. The van der Waals surface area contributed by atoms with E-state index in [1.807, 2.05) is 36.0 Å². The normalized spacial score (nSPS) is 15.2. The maximum absolute atomic E-state index is 11.3. The van der Waals surface area contributed by atoms with E-state index in [1.165, 1.54) is 11.3 Å². The molecule has 1 aliphatic rings. The minimum atomic E-state index is -3.22. The van der Waals surface area contributed by atoms with Crippen LogP contribution >= 0.6 is 0 Å². The second-order valence-electron chi connectivity index (χ2n) is 8.55. The van der Waals surface area contributed by atoms with Crippen LogP contribution < -0.4 is 9.62 Å². The zero-order valence-electron chi connectivity index (χ0n) is 19.6. The van der Waals surface area contributed by atoms with E-state index >= 15 is 0 Å². The van der Waals surface area contributed by atoms with Crippen molar-refractivity contribution in [3.8, 4) is 11.3 Å². The number of rotatable bonds is 7. The van der Waals surface area contributed by atoms with Gasteiger partial charge in [-0.2, -0.15) is 5.10 Å². The first kappa shape index (κ1) is 23.3. The Kier molecular flexibility index (Phi) is 6.78. The smallest absolute Gasteiger partial charge is 0.209 e. The van der Waals surface area contributed by atoms with Crippen molar-refractivity contribution in [2.24, 2.45) is 7.05 Å². The molecular formula is C23H31N7O2S. The van der Waals surface area contributed by atoms with Crippen LogP contribution in [-0.2, 0) is 30.2 Å². The number of hydrogen-bond donors (Lipinski definition) is 1. The minimum Gasteiger partial charge on any atom is -0.352 e. The molecule has 33 heavy (non-hydrogen) atoms. The van der Waals surface area contributed by atoms with E-state index in [0.29, 0.717) is 0 Å². The first-order chi connectivity index (χ1) is 15.7. The molecule has 4 rings (SSSR count). The van der Waals surface area contributed by atoms with Gasteiger partial charge in [-0.15, -0.1) is 0 Å². The van der Waals surface area contributed by atoms with Crippen LogP contribution in [0.5, 0.6) is 0 Å². The molecular weight excluding hydrogens is 438 g/mol. The van der Waals surface area contributed by atoms with E-state index in [1.54, 1.807) is 12.4 Å². The highest BCUT2D eigenvalue weighted by atomic mass is 32.2. The summed E-state index contributed by atoms with van der Waals surface area (Å²) in [6, 6.07) is 7.78. The van der Waals surface area contributed by atoms with Gasteiger partial charge in [-0.1, -0.05) is 24.3 Å². The van der Waals surface area contributed by atoms with Crippen molar-refractivity contribution in [3.05, 3.63) is 59.2 Å². The number of piperazine rings is 1. The fourth-order valence-electron chi connectivity index (χ4n) is 4.15. The SMILES string of the molecule is Cc1nn(C)c(C)c1CN1CCN(c2nccnc2-c2ccc(CNS(C)(=O)=O)cc2)CC1. The molecule has 0 aliphatic carbocycles. The summed E-state index contributed by atoms with van der Waals surface area (Å²) in [6.07, 6.45) is 4.60. The van der Waals surface area contributed by atoms with Crippen LogP contribution in [0.2, 0.25) is 0 Å². The van der Waals surface area contributed by atoms with Gasteiger partial charge in [0.05, 0.1) is 11.9 Å². The third-order valence-corrected chi connectivity index (χ3v) is 6.83. The highest BCUT2D eigenvalue weighted by Gasteiger charge is 2.23. The van der Waals surface area contributed by atoms with Crippen LogP contribution in [0.3, 0.4) is 0 Å².